The van der Waals surface area contributed by atoms with Crippen LogP contribution in [0.3, 0.4) is 0 Å². The molecule has 3 N–H and O–H groups in total. The van der Waals surface area contributed by atoms with E-state index in [9.17, 15) is 27.3 Å². The monoisotopic (exact) mass is 613 g/mol. The van der Waals surface area contributed by atoms with Crippen LogP contribution in [0.4, 0.5) is 23.7 Å². The fourth-order valence-electron chi connectivity index (χ4n) is 4.20. The van der Waals surface area contributed by atoms with Gasteiger partial charge in [-0.25, -0.2) is 27.1 Å². The van der Waals surface area contributed by atoms with Gasteiger partial charge in [0.15, 0.2) is 6.79 Å². The maximum atomic E-state index is 14.5. The van der Waals surface area contributed by atoms with Gasteiger partial charge in [0.2, 0.25) is 0 Å². The Morgan fingerprint density at radius 2 is 1.76 bits per heavy atom. The second-order valence-corrected chi connectivity index (χ2v) is 10.7. The van der Waals surface area contributed by atoms with Gasteiger partial charge in [0.25, 0.3) is 5.91 Å². The number of phosphoric acid groups is 1. The second kappa shape index (κ2) is 12.1. The van der Waals surface area contributed by atoms with Gasteiger partial charge in [-0.05, 0) is 36.8 Å². The topological polar surface area (TPSA) is 129 Å². The molecule has 218 valence electrons. The van der Waals surface area contributed by atoms with E-state index in [-0.39, 0.29) is 28.7 Å². The second-order valence-electron chi connectivity index (χ2n) is 9.06. The van der Waals surface area contributed by atoms with Gasteiger partial charge in [-0.1, -0.05) is 23.7 Å². The summed E-state index contributed by atoms with van der Waals surface area (Å²) in [5, 5.41) is 2.55. The molecule has 1 heterocycles. The SMILES string of the molecule is C[C@H]1c2ccc(C(=O)NCc3c(F)cc(OCOP(=O)(O)O)cc3F)cc2N(Cc2c(F)cccc2Cl)C(=O)N1C. The minimum Gasteiger partial charge on any atom is -0.467 e. The van der Waals surface area contributed by atoms with E-state index in [4.69, 9.17) is 26.1 Å². The van der Waals surface area contributed by atoms with E-state index < -0.39 is 61.9 Å². The van der Waals surface area contributed by atoms with E-state index in [0.29, 0.717) is 11.3 Å². The van der Waals surface area contributed by atoms with Gasteiger partial charge in [-0.2, -0.15) is 0 Å². The van der Waals surface area contributed by atoms with Crippen LogP contribution in [0.1, 0.15) is 40.0 Å². The smallest absolute Gasteiger partial charge is 0.467 e. The molecule has 1 aliphatic heterocycles. The first-order valence-electron chi connectivity index (χ1n) is 12.0. The molecule has 3 aromatic carbocycles. The van der Waals surface area contributed by atoms with E-state index in [1.54, 1.807) is 20.0 Å². The highest BCUT2D eigenvalue weighted by molar-refractivity contribution is 7.46. The summed E-state index contributed by atoms with van der Waals surface area (Å²) in [6.45, 7) is 0.0821. The summed E-state index contributed by atoms with van der Waals surface area (Å²) >= 11 is 6.19. The molecule has 41 heavy (non-hydrogen) atoms. The van der Waals surface area contributed by atoms with Crippen LogP contribution in [-0.4, -0.2) is 40.5 Å². The molecule has 4 rings (SSSR count). The lowest BCUT2D eigenvalue weighted by Gasteiger charge is -2.39. The maximum Gasteiger partial charge on any atom is 0.472 e. The Labute approximate surface area is 237 Å². The van der Waals surface area contributed by atoms with Gasteiger partial charge >= 0.3 is 13.9 Å². The summed E-state index contributed by atoms with van der Waals surface area (Å²) < 4.78 is 63.2. The molecular formula is C26H24ClF3N3O7P. The Kier molecular flexibility index (Phi) is 8.95. The van der Waals surface area contributed by atoms with Crippen LogP contribution in [0.25, 0.3) is 0 Å². The summed E-state index contributed by atoms with van der Waals surface area (Å²) in [5.41, 5.74) is 0.711. The summed E-state index contributed by atoms with van der Waals surface area (Å²) in [6, 6.07) is 9.45. The number of carbonyl (C=O) groups is 2. The van der Waals surface area contributed by atoms with Crippen LogP contribution >= 0.6 is 19.4 Å². The van der Waals surface area contributed by atoms with Gasteiger partial charge in [0.1, 0.15) is 23.2 Å². The standard InChI is InChI=1S/C26H24ClF3N3O7P/c1-14-17-7-6-15(8-24(17)33(26(35)32(14)2)12-19-20(27)4-3-5-21(19)28)25(34)31-11-18-22(29)9-16(10-23(18)30)39-13-40-41(36,37)38/h3-10,14H,11-13H2,1-2H3,(H,31,34)(H2,36,37,38)/t14-/m0/s1. The zero-order valence-electron chi connectivity index (χ0n) is 21.6. The molecule has 0 aromatic heterocycles. The molecule has 0 unspecified atom stereocenters. The van der Waals surface area contributed by atoms with E-state index in [2.05, 4.69) is 9.84 Å². The molecule has 3 amide bonds. The van der Waals surface area contributed by atoms with Crippen molar-refractivity contribution in [3.05, 3.63) is 93.3 Å². The molecule has 1 aliphatic rings. The zero-order chi connectivity index (χ0) is 30.1. The lowest BCUT2D eigenvalue weighted by Crippen LogP contribution is -2.46. The van der Waals surface area contributed by atoms with Gasteiger partial charge in [-0.15, -0.1) is 0 Å². The fourth-order valence-corrected chi connectivity index (χ4v) is 4.61. The van der Waals surface area contributed by atoms with Crippen LogP contribution in [0.2, 0.25) is 5.02 Å². The average molecular weight is 614 g/mol. The highest BCUT2D eigenvalue weighted by Gasteiger charge is 2.34. The summed E-state index contributed by atoms with van der Waals surface area (Å²) in [4.78, 5) is 46.2. The number of benzene rings is 3. The molecule has 0 saturated carbocycles. The predicted molar refractivity (Wildman–Crippen MR) is 142 cm³/mol. The van der Waals surface area contributed by atoms with Crippen LogP contribution in [0.5, 0.6) is 5.75 Å². The number of halogens is 4. The Morgan fingerprint density at radius 3 is 2.39 bits per heavy atom. The number of urea groups is 1. The third-order valence-corrected chi connectivity index (χ3v) is 7.31. The first-order valence-corrected chi connectivity index (χ1v) is 13.9. The number of anilines is 1. The third-order valence-electron chi connectivity index (χ3n) is 6.51. The van der Waals surface area contributed by atoms with Crippen LogP contribution in [0, 0.1) is 17.5 Å². The van der Waals surface area contributed by atoms with Crippen molar-refractivity contribution >= 4 is 37.0 Å². The number of amides is 3. The Balaban J connectivity index is 1.54. The number of nitrogens with zero attached hydrogens (tertiary/aromatic N) is 2. The molecule has 3 aromatic rings. The van der Waals surface area contributed by atoms with Crippen molar-refractivity contribution in [2.45, 2.75) is 26.1 Å². The van der Waals surface area contributed by atoms with E-state index >= 15 is 0 Å². The van der Waals surface area contributed by atoms with Crippen molar-refractivity contribution in [2.75, 3.05) is 18.7 Å². The first-order chi connectivity index (χ1) is 19.3. The number of fused-ring (bicyclic) bond motifs is 1. The number of hydrogen-bond donors (Lipinski definition) is 3. The molecule has 0 radical (unpaired) electrons. The molecule has 0 aliphatic carbocycles. The van der Waals surface area contributed by atoms with Gasteiger partial charge < -0.3 is 24.7 Å². The molecule has 0 saturated heterocycles. The minimum atomic E-state index is -4.84. The molecule has 10 nitrogen and oxygen atoms in total. The Morgan fingerprint density at radius 1 is 1.07 bits per heavy atom. The van der Waals surface area contributed by atoms with Crippen molar-refractivity contribution in [2.24, 2.45) is 0 Å². The third kappa shape index (κ3) is 6.83. The molecular weight excluding hydrogens is 590 g/mol. The molecule has 0 bridgehead atoms. The van der Waals surface area contributed by atoms with Gasteiger partial charge in [-0.3, -0.25) is 9.69 Å². The first kappa shape index (κ1) is 30.4. The predicted octanol–water partition coefficient (Wildman–Crippen LogP) is 5.27. The molecule has 15 heteroatoms. The van der Waals surface area contributed by atoms with Gasteiger partial charge in [0.05, 0.1) is 18.3 Å². The van der Waals surface area contributed by atoms with Crippen molar-refractivity contribution in [1.82, 2.24) is 10.2 Å². The number of nitrogens with one attached hydrogen (secondary N) is 1. The average Bonchev–Trinajstić information content (AvgIpc) is 2.89. The highest BCUT2D eigenvalue weighted by Crippen LogP contribution is 2.38. The number of phosphoric ester groups is 1. The lowest BCUT2D eigenvalue weighted by atomic mass is 9.98. The molecule has 1 atom stereocenters. The van der Waals surface area contributed by atoms with E-state index in [0.717, 1.165) is 12.1 Å². The van der Waals surface area contributed by atoms with E-state index in [1.807, 2.05) is 0 Å². The summed E-state index contributed by atoms with van der Waals surface area (Å²) in [5.74, 6) is -3.87. The van der Waals surface area contributed by atoms with Crippen molar-refractivity contribution < 1.29 is 46.4 Å². The van der Waals surface area contributed by atoms with Crippen LogP contribution < -0.4 is 15.0 Å². The van der Waals surface area contributed by atoms with Crippen molar-refractivity contribution in [3.8, 4) is 5.75 Å². The van der Waals surface area contributed by atoms with Gasteiger partial charge in [0, 0.05) is 47.4 Å². The minimum absolute atomic E-state index is 0.0771. The van der Waals surface area contributed by atoms with Crippen LogP contribution in [0.15, 0.2) is 48.5 Å². The molecule has 0 fully saturated rings. The van der Waals surface area contributed by atoms with Crippen molar-refractivity contribution in [1.29, 1.82) is 0 Å². The van der Waals surface area contributed by atoms with Crippen LogP contribution in [-0.2, 0) is 22.2 Å². The number of hydrogen-bond acceptors (Lipinski definition) is 5. The quantitative estimate of drug-likeness (QED) is 0.222. The number of rotatable bonds is 9. The zero-order valence-corrected chi connectivity index (χ0v) is 23.3. The summed E-state index contributed by atoms with van der Waals surface area (Å²) in [7, 11) is -3.24. The summed E-state index contributed by atoms with van der Waals surface area (Å²) in [6.07, 6.45) is 0. The number of carbonyl (C=O) groups excluding carboxylic acids is 2. The Hall–Kier alpha value is -3.61. The van der Waals surface area contributed by atoms with Crippen molar-refractivity contribution in [3.63, 3.8) is 0 Å². The lowest BCUT2D eigenvalue weighted by molar-refractivity contribution is 0.0824. The fraction of sp³-hybridized carbons (Fsp3) is 0.231. The normalized spacial score (nSPS) is 15.1. The number of ether oxygens (including phenoxy) is 1. The molecule has 0 spiro atoms. The maximum absolute atomic E-state index is 14.5. The van der Waals surface area contributed by atoms with E-state index in [1.165, 1.54) is 40.1 Å². The highest BCUT2D eigenvalue weighted by atomic mass is 35.5. The Bertz CT molecular complexity index is 1510. The largest absolute Gasteiger partial charge is 0.472 e.